The second-order valence-corrected chi connectivity index (χ2v) is 6.15. The third-order valence-electron chi connectivity index (χ3n) is 3.80. The fraction of sp³-hybridized carbons (Fsp3) is 0.190. The predicted octanol–water partition coefficient (Wildman–Crippen LogP) is 4.49. The lowest BCUT2D eigenvalue weighted by atomic mass is 10.1. The Balaban J connectivity index is 1.78. The molecule has 138 valence electrons. The van der Waals surface area contributed by atoms with E-state index in [9.17, 15) is 4.79 Å². The fourth-order valence-electron chi connectivity index (χ4n) is 2.76. The van der Waals surface area contributed by atoms with Crippen LogP contribution in [0.2, 0.25) is 0 Å². The average molecular weight is 362 g/mol. The fourth-order valence-corrected chi connectivity index (χ4v) is 2.76. The Kier molecular flexibility index (Phi) is 5.66. The van der Waals surface area contributed by atoms with Crippen LogP contribution >= 0.6 is 0 Å². The van der Waals surface area contributed by atoms with E-state index in [1.807, 2.05) is 57.2 Å². The Hall–Kier alpha value is -3.41. The number of benzene rings is 2. The Morgan fingerprint density at radius 3 is 2.56 bits per heavy atom. The van der Waals surface area contributed by atoms with Gasteiger partial charge in [0.15, 0.2) is 0 Å². The van der Waals surface area contributed by atoms with Crippen molar-refractivity contribution in [3.8, 4) is 5.75 Å². The number of hydrogen-bond acceptors (Lipinski definition) is 5. The van der Waals surface area contributed by atoms with Crippen LogP contribution in [0.3, 0.4) is 0 Å². The summed E-state index contributed by atoms with van der Waals surface area (Å²) in [7, 11) is 0. The van der Waals surface area contributed by atoms with E-state index in [1.54, 1.807) is 12.3 Å². The molecule has 2 aromatic carbocycles. The first-order chi connectivity index (χ1) is 13.0. The SMILES string of the molecule is CCOc1ccccc1Nc1nccc(C(=O)Nc2cc(C)cc(C)c2)n1. The summed E-state index contributed by atoms with van der Waals surface area (Å²) in [5.74, 6) is 0.743. The molecule has 0 saturated heterocycles. The maximum absolute atomic E-state index is 12.6. The minimum atomic E-state index is -0.288. The van der Waals surface area contributed by atoms with Crippen molar-refractivity contribution < 1.29 is 9.53 Å². The summed E-state index contributed by atoms with van der Waals surface area (Å²) in [6.07, 6.45) is 1.55. The second kappa shape index (κ2) is 8.31. The van der Waals surface area contributed by atoms with Gasteiger partial charge in [-0.15, -0.1) is 0 Å². The van der Waals surface area contributed by atoms with Crippen LogP contribution in [-0.4, -0.2) is 22.5 Å². The second-order valence-electron chi connectivity index (χ2n) is 6.15. The summed E-state index contributed by atoms with van der Waals surface area (Å²) in [5.41, 5.74) is 3.94. The molecule has 0 saturated carbocycles. The zero-order chi connectivity index (χ0) is 19.2. The molecule has 6 heteroatoms. The molecule has 0 aliphatic carbocycles. The lowest BCUT2D eigenvalue weighted by Gasteiger charge is -2.12. The van der Waals surface area contributed by atoms with Crippen molar-refractivity contribution in [3.63, 3.8) is 0 Å². The molecule has 3 rings (SSSR count). The largest absolute Gasteiger partial charge is 0.492 e. The third-order valence-corrected chi connectivity index (χ3v) is 3.80. The van der Waals surface area contributed by atoms with Crippen LogP contribution in [0.25, 0.3) is 0 Å². The number of anilines is 3. The van der Waals surface area contributed by atoms with Crippen LogP contribution in [0.5, 0.6) is 5.75 Å². The average Bonchev–Trinajstić information content (AvgIpc) is 2.63. The van der Waals surface area contributed by atoms with Crippen molar-refractivity contribution in [2.45, 2.75) is 20.8 Å². The highest BCUT2D eigenvalue weighted by Gasteiger charge is 2.11. The number of hydrogen-bond donors (Lipinski definition) is 2. The van der Waals surface area contributed by atoms with Crippen LogP contribution < -0.4 is 15.4 Å². The molecule has 1 aromatic heterocycles. The highest BCUT2D eigenvalue weighted by molar-refractivity contribution is 6.03. The van der Waals surface area contributed by atoms with E-state index in [1.165, 1.54) is 0 Å². The number of carbonyl (C=O) groups excluding carboxylic acids is 1. The summed E-state index contributed by atoms with van der Waals surface area (Å²) in [6.45, 7) is 6.46. The van der Waals surface area contributed by atoms with Gasteiger partial charge in [0.25, 0.3) is 5.91 Å². The molecule has 0 fully saturated rings. The van der Waals surface area contributed by atoms with E-state index in [0.29, 0.717) is 18.3 Å². The highest BCUT2D eigenvalue weighted by Crippen LogP contribution is 2.26. The summed E-state index contributed by atoms with van der Waals surface area (Å²) in [4.78, 5) is 21.1. The van der Waals surface area contributed by atoms with Crippen molar-refractivity contribution in [1.29, 1.82) is 0 Å². The van der Waals surface area contributed by atoms with Crippen molar-refractivity contribution in [1.82, 2.24) is 9.97 Å². The smallest absolute Gasteiger partial charge is 0.274 e. The van der Waals surface area contributed by atoms with Gasteiger partial charge in [-0.1, -0.05) is 18.2 Å². The Bertz CT molecular complexity index is 936. The van der Waals surface area contributed by atoms with Gasteiger partial charge in [-0.2, -0.15) is 0 Å². The van der Waals surface area contributed by atoms with Gasteiger partial charge in [-0.3, -0.25) is 4.79 Å². The van der Waals surface area contributed by atoms with Gasteiger partial charge in [0.05, 0.1) is 12.3 Å². The number of rotatable bonds is 6. The zero-order valence-electron chi connectivity index (χ0n) is 15.6. The number of para-hydroxylation sites is 2. The summed E-state index contributed by atoms with van der Waals surface area (Å²) in [6, 6.07) is 15.0. The molecule has 0 atom stereocenters. The van der Waals surface area contributed by atoms with Crippen molar-refractivity contribution in [3.05, 3.63) is 71.5 Å². The number of aromatic nitrogens is 2. The molecule has 0 radical (unpaired) electrons. The molecule has 0 spiro atoms. The van der Waals surface area contributed by atoms with Gasteiger partial charge >= 0.3 is 0 Å². The topological polar surface area (TPSA) is 76.1 Å². The maximum atomic E-state index is 12.6. The normalized spacial score (nSPS) is 10.3. The molecule has 6 nitrogen and oxygen atoms in total. The van der Waals surface area contributed by atoms with Crippen molar-refractivity contribution >= 4 is 23.2 Å². The monoisotopic (exact) mass is 362 g/mol. The molecular weight excluding hydrogens is 340 g/mol. The summed E-state index contributed by atoms with van der Waals surface area (Å²) in [5, 5.41) is 5.99. The Morgan fingerprint density at radius 2 is 1.81 bits per heavy atom. The van der Waals surface area contributed by atoms with Gasteiger partial charge in [0.2, 0.25) is 5.95 Å². The zero-order valence-corrected chi connectivity index (χ0v) is 15.6. The van der Waals surface area contributed by atoms with Crippen molar-refractivity contribution in [2.75, 3.05) is 17.2 Å². The molecule has 0 aliphatic heterocycles. The van der Waals surface area contributed by atoms with Gasteiger partial charge in [0, 0.05) is 11.9 Å². The van der Waals surface area contributed by atoms with Gasteiger partial charge in [0.1, 0.15) is 11.4 Å². The maximum Gasteiger partial charge on any atom is 0.274 e. The number of nitrogens with one attached hydrogen (secondary N) is 2. The number of ether oxygens (including phenoxy) is 1. The standard InChI is InChI=1S/C21H22N4O2/c1-4-27-19-8-6-5-7-17(19)24-21-22-10-9-18(25-21)20(26)23-16-12-14(2)11-15(3)13-16/h5-13H,4H2,1-3H3,(H,23,26)(H,22,24,25). The van der Waals surface area contributed by atoms with E-state index in [4.69, 9.17) is 4.74 Å². The molecule has 0 aliphatic rings. The van der Waals surface area contributed by atoms with E-state index in [2.05, 4.69) is 26.7 Å². The van der Waals surface area contributed by atoms with E-state index >= 15 is 0 Å². The van der Waals surface area contributed by atoms with Crippen LogP contribution in [0.15, 0.2) is 54.7 Å². The van der Waals surface area contributed by atoms with Crippen LogP contribution in [0.1, 0.15) is 28.5 Å². The molecular formula is C21H22N4O2. The molecule has 27 heavy (non-hydrogen) atoms. The molecule has 1 amide bonds. The Labute approximate surface area is 158 Å². The summed E-state index contributed by atoms with van der Waals surface area (Å²) < 4.78 is 5.59. The molecule has 2 N–H and O–H groups in total. The Morgan fingerprint density at radius 1 is 1.07 bits per heavy atom. The first-order valence-corrected chi connectivity index (χ1v) is 8.76. The minimum Gasteiger partial charge on any atom is -0.492 e. The van der Waals surface area contributed by atoms with Crippen molar-refractivity contribution in [2.24, 2.45) is 0 Å². The van der Waals surface area contributed by atoms with Crippen LogP contribution in [0.4, 0.5) is 17.3 Å². The summed E-state index contributed by atoms with van der Waals surface area (Å²) >= 11 is 0. The number of amides is 1. The lowest BCUT2D eigenvalue weighted by Crippen LogP contribution is -2.15. The quantitative estimate of drug-likeness (QED) is 0.676. The van der Waals surface area contributed by atoms with Crippen LogP contribution in [-0.2, 0) is 0 Å². The van der Waals surface area contributed by atoms with E-state index in [0.717, 1.165) is 22.5 Å². The third kappa shape index (κ3) is 4.82. The number of nitrogens with zero attached hydrogens (tertiary/aromatic N) is 2. The minimum absolute atomic E-state index is 0.278. The molecule has 0 bridgehead atoms. The highest BCUT2D eigenvalue weighted by atomic mass is 16.5. The van der Waals surface area contributed by atoms with Gasteiger partial charge < -0.3 is 15.4 Å². The molecule has 0 unspecified atom stereocenters. The first kappa shape index (κ1) is 18.4. The van der Waals surface area contributed by atoms with E-state index < -0.39 is 0 Å². The molecule has 1 heterocycles. The molecule has 3 aromatic rings. The number of carbonyl (C=O) groups is 1. The van der Waals surface area contributed by atoms with Crippen LogP contribution in [0, 0.1) is 13.8 Å². The predicted molar refractivity (Wildman–Crippen MR) is 107 cm³/mol. The van der Waals surface area contributed by atoms with E-state index in [-0.39, 0.29) is 11.6 Å². The van der Waals surface area contributed by atoms with Gasteiger partial charge in [-0.05, 0) is 62.2 Å². The van der Waals surface area contributed by atoms with Gasteiger partial charge in [-0.25, -0.2) is 9.97 Å². The number of aryl methyl sites for hydroxylation is 2. The first-order valence-electron chi connectivity index (χ1n) is 8.76. The lowest BCUT2D eigenvalue weighted by molar-refractivity contribution is 0.102.